The summed E-state index contributed by atoms with van der Waals surface area (Å²) in [7, 11) is 0. The molecule has 0 aromatic heterocycles. The van der Waals surface area contributed by atoms with Crippen LogP contribution in [-0.4, -0.2) is 66.4 Å². The maximum atomic E-state index is 14.5. The van der Waals surface area contributed by atoms with Crippen molar-refractivity contribution in [3.8, 4) is 11.1 Å². The highest BCUT2D eigenvalue weighted by molar-refractivity contribution is 5.97. The molecule has 6 heteroatoms. The van der Waals surface area contributed by atoms with Gasteiger partial charge in [0.15, 0.2) is 0 Å². The molecule has 250 valence electrons. The van der Waals surface area contributed by atoms with Crippen molar-refractivity contribution >= 4 is 22.6 Å². The number of piperidine rings is 1. The minimum atomic E-state index is -0.588. The second kappa shape index (κ2) is 15.5. The van der Waals surface area contributed by atoms with E-state index < -0.39 is 12.1 Å². The largest absolute Gasteiger partial charge is 0.342 e. The molecule has 2 atom stereocenters. The van der Waals surface area contributed by atoms with Gasteiger partial charge in [-0.15, -0.1) is 0 Å². The van der Waals surface area contributed by atoms with Gasteiger partial charge in [0.05, 0.1) is 0 Å². The van der Waals surface area contributed by atoms with E-state index in [0.29, 0.717) is 31.3 Å². The number of rotatable bonds is 11. The Morgan fingerprint density at radius 3 is 2.04 bits per heavy atom. The molecule has 2 amide bonds. The lowest BCUT2D eigenvalue weighted by Crippen LogP contribution is -2.66. The molecule has 4 aromatic rings. The van der Waals surface area contributed by atoms with Gasteiger partial charge < -0.3 is 20.4 Å². The summed E-state index contributed by atoms with van der Waals surface area (Å²) in [6.07, 6.45) is 9.29. The van der Waals surface area contributed by atoms with Gasteiger partial charge in [0.25, 0.3) is 0 Å². The van der Waals surface area contributed by atoms with Gasteiger partial charge in [-0.3, -0.25) is 9.59 Å². The zero-order valence-electron chi connectivity index (χ0n) is 28.2. The zero-order valence-corrected chi connectivity index (χ0v) is 28.2. The van der Waals surface area contributed by atoms with Crippen LogP contribution in [0.2, 0.25) is 0 Å². The highest BCUT2D eigenvalue weighted by Crippen LogP contribution is 2.28. The minimum absolute atomic E-state index is 0.0133. The van der Waals surface area contributed by atoms with E-state index in [1.807, 2.05) is 23.1 Å². The van der Waals surface area contributed by atoms with Gasteiger partial charge in [0.1, 0.15) is 12.1 Å². The molecule has 2 N–H and O–H groups in total. The quantitative estimate of drug-likeness (QED) is 0.188. The number of piperazine rings is 1. The van der Waals surface area contributed by atoms with Crippen LogP contribution >= 0.6 is 0 Å². The summed E-state index contributed by atoms with van der Waals surface area (Å²) < 4.78 is 0. The number of nitrogens with one attached hydrogen (secondary N) is 2. The van der Waals surface area contributed by atoms with Gasteiger partial charge in [0, 0.05) is 32.6 Å². The van der Waals surface area contributed by atoms with E-state index in [-0.39, 0.29) is 11.8 Å². The van der Waals surface area contributed by atoms with Gasteiger partial charge in [-0.05, 0) is 83.6 Å². The molecule has 2 saturated heterocycles. The van der Waals surface area contributed by atoms with Crippen molar-refractivity contribution in [1.82, 2.24) is 20.4 Å². The lowest BCUT2D eigenvalue weighted by atomic mass is 9.88. The normalized spacial score (nSPS) is 21.1. The molecule has 6 nitrogen and oxygen atoms in total. The molecule has 3 aliphatic rings. The fourth-order valence-electron chi connectivity index (χ4n) is 8.20. The van der Waals surface area contributed by atoms with Crippen molar-refractivity contribution in [2.75, 3.05) is 32.7 Å². The molecule has 3 fully saturated rings. The Labute approximate surface area is 285 Å². The third-order valence-corrected chi connectivity index (χ3v) is 10.9. The summed E-state index contributed by atoms with van der Waals surface area (Å²) in [4.78, 5) is 33.1. The zero-order chi connectivity index (χ0) is 32.7. The molecule has 48 heavy (non-hydrogen) atoms. The van der Waals surface area contributed by atoms with Crippen LogP contribution in [0.5, 0.6) is 0 Å². The molecule has 0 spiro atoms. The second-order valence-corrected chi connectivity index (χ2v) is 14.4. The number of benzene rings is 4. The summed E-state index contributed by atoms with van der Waals surface area (Å²) in [5.41, 5.74) is 4.42. The Bertz CT molecular complexity index is 1640. The molecule has 7 rings (SSSR count). The number of hydrogen-bond donors (Lipinski definition) is 2. The molecule has 4 aromatic carbocycles. The fourth-order valence-corrected chi connectivity index (χ4v) is 8.20. The minimum Gasteiger partial charge on any atom is -0.342 e. The number of carbonyl (C=O) groups is 2. The van der Waals surface area contributed by atoms with Crippen LogP contribution in [0.15, 0.2) is 97.1 Å². The lowest BCUT2D eigenvalue weighted by molar-refractivity contribution is -0.151. The predicted molar refractivity (Wildman–Crippen MR) is 194 cm³/mol. The van der Waals surface area contributed by atoms with E-state index in [4.69, 9.17) is 0 Å². The van der Waals surface area contributed by atoms with Crippen LogP contribution in [0.3, 0.4) is 0 Å². The van der Waals surface area contributed by atoms with Gasteiger partial charge >= 0.3 is 0 Å². The standard InChI is InChI=1S/C42H50N4O2/c47-41-40(30-45(27-31-9-3-1-4-10-31)28-33-21-23-43-24-22-33)46(29-32-15-18-37(19-16-32)35-11-5-2-6-12-35)42(48)39(44-41)26-34-17-20-36-13-7-8-14-38(36)25-34/h2,5-8,11-20,25,31,33,39-40,43H,1,3-4,9-10,21-24,26-30H2,(H,44,47)/t39-,40-/m0/s1. The van der Waals surface area contributed by atoms with Crippen molar-refractivity contribution < 1.29 is 9.59 Å². The first-order valence-electron chi connectivity index (χ1n) is 18.2. The number of amides is 2. The van der Waals surface area contributed by atoms with Gasteiger partial charge in [-0.2, -0.15) is 0 Å². The maximum Gasteiger partial charge on any atom is 0.246 e. The molecular weight excluding hydrogens is 592 g/mol. The number of carbonyl (C=O) groups excluding carboxylic acids is 2. The molecule has 1 aliphatic carbocycles. The van der Waals surface area contributed by atoms with Crippen molar-refractivity contribution in [2.45, 2.75) is 70.0 Å². The predicted octanol–water partition coefficient (Wildman–Crippen LogP) is 6.83. The van der Waals surface area contributed by atoms with Crippen LogP contribution in [0.25, 0.3) is 21.9 Å². The van der Waals surface area contributed by atoms with Gasteiger partial charge in [-0.25, -0.2) is 0 Å². The third-order valence-electron chi connectivity index (χ3n) is 10.9. The highest BCUT2D eigenvalue weighted by Gasteiger charge is 2.41. The summed E-state index contributed by atoms with van der Waals surface area (Å²) in [6.45, 7) is 5.14. The SMILES string of the molecule is O=C1N[C@@H](Cc2ccc3ccccc3c2)C(=O)N(Cc2ccc(-c3ccccc3)cc2)[C@H]1CN(CC1CCCCC1)CC1CCNCC1. The Hall–Kier alpha value is -4.00. The number of nitrogens with zero attached hydrogens (tertiary/aromatic N) is 2. The smallest absolute Gasteiger partial charge is 0.246 e. The molecule has 0 radical (unpaired) electrons. The van der Waals surface area contributed by atoms with E-state index in [0.717, 1.165) is 48.3 Å². The average Bonchev–Trinajstić information content (AvgIpc) is 3.13. The van der Waals surface area contributed by atoms with E-state index in [9.17, 15) is 9.59 Å². The van der Waals surface area contributed by atoms with E-state index >= 15 is 0 Å². The van der Waals surface area contributed by atoms with Crippen LogP contribution < -0.4 is 10.6 Å². The summed E-state index contributed by atoms with van der Waals surface area (Å²) in [5.74, 6) is 1.28. The maximum absolute atomic E-state index is 14.5. The second-order valence-electron chi connectivity index (χ2n) is 14.4. The first-order valence-corrected chi connectivity index (χ1v) is 18.2. The van der Waals surface area contributed by atoms with Crippen molar-refractivity contribution in [3.63, 3.8) is 0 Å². The van der Waals surface area contributed by atoms with Crippen LogP contribution in [0, 0.1) is 11.8 Å². The van der Waals surface area contributed by atoms with Crippen molar-refractivity contribution in [2.24, 2.45) is 11.8 Å². The van der Waals surface area contributed by atoms with E-state index in [2.05, 4.69) is 94.4 Å². The van der Waals surface area contributed by atoms with Gasteiger partial charge in [-0.1, -0.05) is 116 Å². The Morgan fingerprint density at radius 1 is 0.646 bits per heavy atom. The average molecular weight is 643 g/mol. The first-order chi connectivity index (χ1) is 23.6. The topological polar surface area (TPSA) is 64.7 Å². The Balaban J connectivity index is 1.14. The molecule has 1 saturated carbocycles. The number of fused-ring (bicyclic) bond motifs is 1. The molecule has 2 aliphatic heterocycles. The number of hydrogen-bond acceptors (Lipinski definition) is 4. The Kier molecular flexibility index (Phi) is 10.5. The molecule has 0 unspecified atom stereocenters. The van der Waals surface area contributed by atoms with E-state index in [1.165, 1.54) is 55.9 Å². The van der Waals surface area contributed by atoms with E-state index in [1.54, 1.807) is 0 Å². The highest BCUT2D eigenvalue weighted by atomic mass is 16.2. The monoisotopic (exact) mass is 642 g/mol. The summed E-state index contributed by atoms with van der Waals surface area (Å²) in [6, 6.07) is 32.4. The van der Waals surface area contributed by atoms with Crippen LogP contribution in [-0.2, 0) is 22.6 Å². The molecule has 0 bridgehead atoms. The Morgan fingerprint density at radius 2 is 1.29 bits per heavy atom. The third kappa shape index (κ3) is 7.99. The van der Waals surface area contributed by atoms with Crippen molar-refractivity contribution in [3.05, 3.63) is 108 Å². The summed E-state index contributed by atoms with van der Waals surface area (Å²) in [5, 5.41) is 9.04. The fraction of sp³-hybridized carbons (Fsp3) is 0.429. The van der Waals surface area contributed by atoms with Crippen LogP contribution in [0.1, 0.15) is 56.1 Å². The molecular formula is C42H50N4O2. The molecule has 2 heterocycles. The van der Waals surface area contributed by atoms with Crippen LogP contribution in [0.4, 0.5) is 0 Å². The lowest BCUT2D eigenvalue weighted by Gasteiger charge is -2.42. The summed E-state index contributed by atoms with van der Waals surface area (Å²) >= 11 is 0. The first kappa shape index (κ1) is 32.5. The van der Waals surface area contributed by atoms with Crippen molar-refractivity contribution in [1.29, 1.82) is 0 Å². The van der Waals surface area contributed by atoms with Gasteiger partial charge in [0.2, 0.25) is 11.8 Å².